The first-order chi connectivity index (χ1) is 36.1. The van der Waals surface area contributed by atoms with Crippen LogP contribution in [0.15, 0.2) is 128 Å². The Morgan fingerprint density at radius 2 is 0.910 bits per heavy atom. The Morgan fingerprint density at radius 3 is 1.23 bits per heavy atom. The Hall–Kier alpha value is -7.77. The van der Waals surface area contributed by atoms with Crippen molar-refractivity contribution in [2.45, 2.75) is 59.3 Å². The van der Waals surface area contributed by atoms with Crippen molar-refractivity contribution in [2.24, 2.45) is 0 Å². The first-order valence-corrected chi connectivity index (χ1v) is 25.6. The van der Waals surface area contributed by atoms with E-state index in [1.54, 1.807) is 13.8 Å². The van der Waals surface area contributed by atoms with Crippen LogP contribution in [0.4, 0.5) is 38.0 Å². The van der Waals surface area contributed by atoms with E-state index in [4.69, 9.17) is 9.47 Å². The molecule has 10 rings (SSSR count). The normalized spacial score (nSPS) is 15.4. The monoisotopic (exact) mass is 1140 g/mol. The second-order valence-electron chi connectivity index (χ2n) is 17.5. The second kappa shape index (κ2) is 23.1. The van der Waals surface area contributed by atoms with Gasteiger partial charge in [0.1, 0.15) is 58.9 Å². The zero-order valence-electron chi connectivity index (χ0n) is 40.9. The van der Waals surface area contributed by atoms with Crippen LogP contribution in [0.25, 0.3) is 33.6 Å². The number of aromatic nitrogens is 4. The van der Waals surface area contributed by atoms with Gasteiger partial charge in [0, 0.05) is 109 Å². The number of rotatable bonds is 12. The highest BCUT2D eigenvalue weighted by molar-refractivity contribution is 7.90. The molecule has 0 fully saturated rings. The predicted molar refractivity (Wildman–Crippen MR) is 281 cm³/mol. The molecule has 27 heteroatoms. The van der Waals surface area contributed by atoms with Crippen LogP contribution >= 0.6 is 9.90 Å². The van der Waals surface area contributed by atoms with E-state index in [1.165, 1.54) is 93.0 Å². The van der Waals surface area contributed by atoms with Crippen molar-refractivity contribution in [3.05, 3.63) is 188 Å². The number of nitrogens with one attached hydrogen (secondary N) is 2. The molecule has 8 aromatic rings. The summed E-state index contributed by atoms with van der Waals surface area (Å²) < 4.78 is 168. The number of benzene rings is 4. The second-order valence-corrected chi connectivity index (χ2v) is 20.7. The fourth-order valence-electron chi connectivity index (χ4n) is 9.09. The minimum Gasteiger partial charge on any atom is -0.495 e. The molecule has 0 aliphatic carbocycles. The van der Waals surface area contributed by atoms with Gasteiger partial charge in [0.15, 0.2) is 11.6 Å². The molecule has 4 aromatic carbocycles. The Bertz CT molecular complexity index is 3600. The number of pyridine rings is 2. The molecule has 18 nitrogen and oxygen atoms in total. The fraction of sp³-hybridized carbons (Fsp3) is 0.216. The van der Waals surface area contributed by atoms with E-state index >= 15 is 8.78 Å². The van der Waals surface area contributed by atoms with Gasteiger partial charge in [-0.2, -0.15) is 35.3 Å². The summed E-state index contributed by atoms with van der Waals surface area (Å²) in [4.78, 5) is 26.1. The molecule has 0 spiro atoms. The lowest BCUT2D eigenvalue weighted by molar-refractivity contribution is 0.304. The number of anilines is 2. The Labute approximate surface area is 445 Å². The zero-order chi connectivity index (χ0) is 54.4. The number of fused-ring (bicyclic) bond motifs is 2. The first kappa shape index (κ1) is 57.9. The van der Waals surface area contributed by atoms with E-state index < -0.39 is 78.5 Å². The molecular formula is C51H49F6N8O10PS2. The lowest BCUT2D eigenvalue weighted by Gasteiger charge is -2.34. The standard InChI is InChI=1S/2C25H21F3N4O5S.CH4.H3P/c2*1-14-7-21-15(13-31(14)38(34,35)30-24-5-6-37-29-24)3-4-25(33)32(21)22-12-20(28)19(11-23(22)36-2)16-8-17(26)10-18(27)9-16;;/h2*3-6,8-12,14H,7,13H2,1-2H3,(H,29,30);1H4;1H3/t2*14-;;/m11../s1. The van der Waals surface area contributed by atoms with Crippen molar-refractivity contribution >= 4 is 42.0 Å². The Morgan fingerprint density at radius 1 is 0.551 bits per heavy atom. The summed E-state index contributed by atoms with van der Waals surface area (Å²) in [5, 5.41) is 7.14. The average molecular weight is 1140 g/mol. The average Bonchev–Trinajstić information content (AvgIpc) is 4.12. The largest absolute Gasteiger partial charge is 0.495 e. The van der Waals surface area contributed by atoms with E-state index in [0.717, 1.165) is 36.4 Å². The number of hydrogen-bond donors (Lipinski definition) is 2. The van der Waals surface area contributed by atoms with Crippen molar-refractivity contribution in [3.63, 3.8) is 0 Å². The minimum absolute atomic E-state index is 0. The van der Waals surface area contributed by atoms with Crippen LogP contribution in [0.1, 0.15) is 43.8 Å². The highest BCUT2D eigenvalue weighted by atomic mass is 32.2. The first-order valence-electron chi connectivity index (χ1n) is 22.7. The summed E-state index contributed by atoms with van der Waals surface area (Å²) >= 11 is 0. The Balaban J connectivity index is 0.000000220. The van der Waals surface area contributed by atoms with Gasteiger partial charge in [-0.3, -0.25) is 28.2 Å². The molecular weight excluding hydrogens is 1090 g/mol. The third kappa shape index (κ3) is 11.7. The molecule has 78 heavy (non-hydrogen) atoms. The van der Waals surface area contributed by atoms with E-state index in [1.807, 2.05) is 0 Å². The summed E-state index contributed by atoms with van der Waals surface area (Å²) in [7, 11) is -5.40. The molecule has 0 saturated heterocycles. The van der Waals surface area contributed by atoms with Crippen molar-refractivity contribution in [2.75, 3.05) is 23.7 Å². The number of ether oxygens (including phenoxy) is 2. The van der Waals surface area contributed by atoms with E-state index in [-0.39, 0.29) is 100 Å². The van der Waals surface area contributed by atoms with Crippen molar-refractivity contribution in [3.8, 4) is 45.1 Å². The quantitative estimate of drug-likeness (QED) is 0.0868. The summed E-state index contributed by atoms with van der Waals surface area (Å²) in [5.41, 5.74) is 0.818. The van der Waals surface area contributed by atoms with Gasteiger partial charge >= 0.3 is 20.4 Å². The molecule has 0 saturated carbocycles. The smallest absolute Gasteiger partial charge is 0.303 e. The maximum absolute atomic E-state index is 15.3. The molecule has 0 amide bonds. The number of hydrogen-bond acceptors (Lipinski definition) is 12. The van der Waals surface area contributed by atoms with Gasteiger partial charge < -0.3 is 18.5 Å². The molecule has 1 unspecified atom stereocenters. The van der Waals surface area contributed by atoms with Crippen LogP contribution < -0.4 is 30.0 Å². The Kier molecular flexibility index (Phi) is 17.1. The van der Waals surface area contributed by atoms with Crippen LogP contribution in [0.2, 0.25) is 0 Å². The van der Waals surface area contributed by atoms with Crippen LogP contribution in [-0.2, 0) is 46.3 Å². The van der Waals surface area contributed by atoms with Gasteiger partial charge in [-0.1, -0.05) is 29.9 Å². The lowest BCUT2D eigenvalue weighted by atomic mass is 10.00. The van der Waals surface area contributed by atoms with Crippen molar-refractivity contribution in [1.29, 1.82) is 0 Å². The van der Waals surface area contributed by atoms with Crippen LogP contribution in [0.5, 0.6) is 11.5 Å². The third-order valence-corrected chi connectivity index (χ3v) is 15.7. The van der Waals surface area contributed by atoms with Gasteiger partial charge in [-0.05, 0) is 72.5 Å². The number of methoxy groups -OCH3 is 2. The summed E-state index contributed by atoms with van der Waals surface area (Å²) in [6.45, 7) is 3.20. The predicted octanol–water partition coefficient (Wildman–Crippen LogP) is 8.74. The molecule has 2 N–H and O–H groups in total. The van der Waals surface area contributed by atoms with Gasteiger partial charge in [-0.15, -0.1) is 0 Å². The maximum Gasteiger partial charge on any atom is 0.303 e. The molecule has 6 heterocycles. The number of nitrogens with zero attached hydrogens (tertiary/aromatic N) is 6. The molecule has 0 bridgehead atoms. The summed E-state index contributed by atoms with van der Waals surface area (Å²) in [5.74, 6) is -4.96. The van der Waals surface area contributed by atoms with Gasteiger partial charge in [0.2, 0.25) is 0 Å². The van der Waals surface area contributed by atoms with Gasteiger partial charge in [0.05, 0.1) is 25.6 Å². The molecule has 4 aromatic heterocycles. The minimum atomic E-state index is -4.02. The highest BCUT2D eigenvalue weighted by Gasteiger charge is 2.37. The molecule has 2 aliphatic rings. The summed E-state index contributed by atoms with van der Waals surface area (Å²) in [6, 6.07) is 17.0. The SMILES string of the molecule is C.COc1cc(-c2cc(F)cc(F)c2)c(F)cc1-n1c2c(ccc1=O)CN(S(=O)(=O)Nc1ccon1)[C@H](C)C2.COc1cc(-c2cc(F)cc(F)c2)c(F)cc1-n1c2c(ccc1=O)CN(S(=O)(=O)Nc1ccon1)[C@H](C)C2.P. The van der Waals surface area contributed by atoms with E-state index in [0.29, 0.717) is 34.6 Å². The molecule has 412 valence electrons. The van der Waals surface area contributed by atoms with Crippen molar-refractivity contribution < 1.29 is 61.7 Å². The van der Waals surface area contributed by atoms with Crippen molar-refractivity contribution in [1.82, 2.24) is 28.1 Å². The highest BCUT2D eigenvalue weighted by Crippen LogP contribution is 2.37. The van der Waals surface area contributed by atoms with Gasteiger partial charge in [0.25, 0.3) is 11.1 Å². The van der Waals surface area contributed by atoms with Crippen LogP contribution in [0.3, 0.4) is 0 Å². The van der Waals surface area contributed by atoms with Gasteiger partial charge in [-0.25, -0.2) is 26.3 Å². The lowest BCUT2D eigenvalue weighted by Crippen LogP contribution is -2.46. The molecule has 2 aliphatic heterocycles. The molecule has 0 radical (unpaired) electrons. The zero-order valence-corrected chi connectivity index (χ0v) is 44.0. The molecule has 3 atom stereocenters. The third-order valence-electron chi connectivity index (χ3n) is 12.5. The van der Waals surface area contributed by atoms with Crippen LogP contribution in [-0.4, -0.2) is 71.2 Å². The van der Waals surface area contributed by atoms with Crippen LogP contribution in [0, 0.1) is 34.9 Å². The maximum atomic E-state index is 15.3. The van der Waals surface area contributed by atoms with E-state index in [2.05, 4.69) is 28.8 Å². The summed E-state index contributed by atoms with van der Waals surface area (Å²) in [6.07, 6.45) is 2.70. The topological polar surface area (TPSA) is 213 Å². The number of halogens is 6. The van der Waals surface area contributed by atoms with E-state index in [9.17, 15) is 44.0 Å². The fourth-order valence-corrected chi connectivity index (χ4v) is 11.8.